The highest BCUT2D eigenvalue weighted by Gasteiger charge is 2.32. The molecule has 0 aliphatic carbocycles. The Kier molecular flexibility index (Phi) is 10.5. The zero-order chi connectivity index (χ0) is 32.9. The molecule has 2 N–H and O–H groups in total. The Morgan fingerprint density at radius 2 is 1.83 bits per heavy atom. The van der Waals surface area contributed by atoms with Crippen LogP contribution < -0.4 is 16.1 Å². The number of imidazole rings is 1. The fourth-order valence-corrected chi connectivity index (χ4v) is 7.18. The highest BCUT2D eigenvalue weighted by Crippen LogP contribution is 2.27. The van der Waals surface area contributed by atoms with E-state index in [4.69, 9.17) is 4.98 Å². The lowest BCUT2D eigenvalue weighted by Crippen LogP contribution is -2.52. The molecule has 4 aromatic rings. The van der Waals surface area contributed by atoms with Gasteiger partial charge in [0.15, 0.2) is 0 Å². The standard InChI is InChI=1S/C36H45BBrN7O2/c1-42(2)18-7-8-19-45-33-12-6-5-11-31(33)39-34(45)32(24-25-13-14-29(38)28(37)23-25)41-35(46)43-20-16-27(17-21-43)44-22-15-26-9-3-4-10-30(26)40-36(44)47/h3-6,9-14,23,27,32H,7-8,15-22,24,37H2,1-2H3,(H,40,47)(H,41,46). The quantitative estimate of drug-likeness (QED) is 0.182. The minimum atomic E-state index is -0.308. The van der Waals surface area contributed by atoms with E-state index in [1.54, 1.807) is 0 Å². The molecule has 6 rings (SSSR count). The van der Waals surface area contributed by atoms with E-state index in [1.807, 2.05) is 34.1 Å². The number of halogens is 1. The van der Waals surface area contributed by atoms with Crippen LogP contribution in [0.15, 0.2) is 71.2 Å². The second-order valence-corrected chi connectivity index (χ2v) is 14.0. The predicted octanol–water partition coefficient (Wildman–Crippen LogP) is 4.95. The number of aromatic nitrogens is 2. The Labute approximate surface area is 287 Å². The number of para-hydroxylation sites is 3. The Balaban J connectivity index is 1.19. The number of piperidine rings is 1. The van der Waals surface area contributed by atoms with Crippen LogP contribution in [0.1, 0.15) is 48.7 Å². The van der Waals surface area contributed by atoms with Crippen molar-refractivity contribution in [2.75, 3.05) is 45.6 Å². The Hall–Kier alpha value is -3.83. The van der Waals surface area contributed by atoms with Crippen LogP contribution in [0.5, 0.6) is 0 Å². The van der Waals surface area contributed by atoms with E-state index in [0.717, 1.165) is 88.8 Å². The summed E-state index contributed by atoms with van der Waals surface area (Å²) in [5, 5.41) is 6.51. The average molecular weight is 699 g/mol. The van der Waals surface area contributed by atoms with Gasteiger partial charge in [0.05, 0.1) is 17.1 Å². The van der Waals surface area contributed by atoms with Gasteiger partial charge in [-0.3, -0.25) is 0 Å². The van der Waals surface area contributed by atoms with Crippen molar-refractivity contribution in [2.24, 2.45) is 0 Å². The van der Waals surface area contributed by atoms with Gasteiger partial charge >= 0.3 is 12.1 Å². The third-order valence-corrected chi connectivity index (χ3v) is 10.4. The van der Waals surface area contributed by atoms with Crippen molar-refractivity contribution in [1.82, 2.24) is 29.6 Å². The number of amides is 4. The summed E-state index contributed by atoms with van der Waals surface area (Å²) in [5.41, 5.74) is 6.40. The summed E-state index contributed by atoms with van der Waals surface area (Å²) in [7, 11) is 6.30. The van der Waals surface area contributed by atoms with Crippen LogP contribution in [0.2, 0.25) is 0 Å². The number of carbonyl (C=O) groups excluding carboxylic acids is 2. The number of likely N-dealkylation sites (tertiary alicyclic amines) is 1. The first-order valence-corrected chi connectivity index (χ1v) is 17.6. The predicted molar refractivity (Wildman–Crippen MR) is 195 cm³/mol. The van der Waals surface area contributed by atoms with Crippen LogP contribution in [0.3, 0.4) is 0 Å². The fraction of sp³-hybridized carbons (Fsp3) is 0.417. The van der Waals surface area contributed by atoms with Crippen LogP contribution >= 0.6 is 15.9 Å². The molecular formula is C36H45BBrN7O2. The van der Waals surface area contributed by atoms with Gasteiger partial charge in [-0.2, -0.15) is 0 Å². The minimum absolute atomic E-state index is 0.0489. The van der Waals surface area contributed by atoms with Crippen molar-refractivity contribution in [3.05, 3.63) is 88.2 Å². The zero-order valence-electron chi connectivity index (χ0n) is 27.7. The summed E-state index contributed by atoms with van der Waals surface area (Å²) in [4.78, 5) is 38.3. The minimum Gasteiger partial charge on any atom is -0.328 e. The van der Waals surface area contributed by atoms with Crippen LogP contribution in [0.25, 0.3) is 11.0 Å². The van der Waals surface area contributed by atoms with Gasteiger partial charge < -0.3 is 29.9 Å². The van der Waals surface area contributed by atoms with Gasteiger partial charge in [-0.25, -0.2) is 14.6 Å². The lowest BCUT2D eigenvalue weighted by atomic mass is 9.92. The van der Waals surface area contributed by atoms with Gasteiger partial charge in [-0.05, 0) is 94.6 Å². The number of benzene rings is 3. The largest absolute Gasteiger partial charge is 0.328 e. The number of anilines is 1. The molecule has 1 unspecified atom stereocenters. The first-order valence-electron chi connectivity index (χ1n) is 16.8. The molecule has 2 aliphatic heterocycles. The lowest BCUT2D eigenvalue weighted by Gasteiger charge is -2.38. The number of nitrogens with one attached hydrogen (secondary N) is 2. The molecule has 1 atom stereocenters. The van der Waals surface area contributed by atoms with E-state index in [1.165, 1.54) is 0 Å². The van der Waals surface area contributed by atoms with Gasteiger partial charge in [-0.15, -0.1) is 0 Å². The van der Waals surface area contributed by atoms with Gasteiger partial charge in [0.2, 0.25) is 0 Å². The molecule has 9 nitrogen and oxygen atoms in total. The van der Waals surface area contributed by atoms with Crippen LogP contribution in [-0.2, 0) is 19.4 Å². The number of unbranched alkanes of at least 4 members (excludes halogenated alkanes) is 1. The third-order valence-electron chi connectivity index (χ3n) is 9.53. The van der Waals surface area contributed by atoms with Gasteiger partial charge in [0.1, 0.15) is 13.7 Å². The maximum absolute atomic E-state index is 14.0. The summed E-state index contributed by atoms with van der Waals surface area (Å²) >= 11 is 3.64. The lowest BCUT2D eigenvalue weighted by molar-refractivity contribution is 0.133. The number of aryl methyl sites for hydroxylation is 1. The molecule has 0 bridgehead atoms. The molecule has 47 heavy (non-hydrogen) atoms. The number of carbonyl (C=O) groups is 2. The van der Waals surface area contributed by atoms with Crippen molar-refractivity contribution in [1.29, 1.82) is 0 Å². The maximum atomic E-state index is 14.0. The SMILES string of the molecule is Bc1cc(CC(NC(=O)N2CCC(N3CCc4ccccc4NC3=O)CC2)c2nc3ccccc3n2CCCCN(C)C)ccc1Br. The smallest absolute Gasteiger partial charge is 0.322 e. The van der Waals surface area contributed by atoms with E-state index in [-0.39, 0.29) is 24.1 Å². The first kappa shape index (κ1) is 33.1. The van der Waals surface area contributed by atoms with Crippen molar-refractivity contribution < 1.29 is 9.59 Å². The number of urea groups is 2. The van der Waals surface area contributed by atoms with Crippen LogP contribution in [0.4, 0.5) is 15.3 Å². The van der Waals surface area contributed by atoms with Gasteiger partial charge in [0, 0.05) is 42.4 Å². The highest BCUT2D eigenvalue weighted by atomic mass is 79.9. The molecule has 4 amide bonds. The molecule has 3 heterocycles. The van der Waals surface area contributed by atoms with E-state index in [2.05, 4.69) is 100 Å². The summed E-state index contributed by atoms with van der Waals surface area (Å²) in [6, 6.07) is 22.3. The third kappa shape index (κ3) is 7.84. The summed E-state index contributed by atoms with van der Waals surface area (Å²) in [6.07, 6.45) is 5.05. The Morgan fingerprint density at radius 3 is 2.62 bits per heavy atom. The van der Waals surface area contributed by atoms with Crippen molar-refractivity contribution in [2.45, 2.75) is 57.2 Å². The molecular weight excluding hydrogens is 653 g/mol. The molecule has 246 valence electrons. The van der Waals surface area contributed by atoms with Crippen molar-refractivity contribution in [3.63, 3.8) is 0 Å². The molecule has 1 aromatic heterocycles. The van der Waals surface area contributed by atoms with E-state index in [9.17, 15) is 9.59 Å². The zero-order valence-corrected chi connectivity index (χ0v) is 29.3. The molecule has 1 fully saturated rings. The van der Waals surface area contributed by atoms with Crippen LogP contribution in [-0.4, -0.2) is 90.5 Å². The summed E-state index contributed by atoms with van der Waals surface area (Å²) in [6.45, 7) is 3.74. The average Bonchev–Trinajstić information content (AvgIpc) is 3.34. The molecule has 2 aliphatic rings. The van der Waals surface area contributed by atoms with Gasteiger partial charge in [0.25, 0.3) is 0 Å². The maximum Gasteiger partial charge on any atom is 0.322 e. The normalized spacial score (nSPS) is 16.2. The number of hydrogen-bond donors (Lipinski definition) is 2. The summed E-state index contributed by atoms with van der Waals surface area (Å²) < 4.78 is 3.38. The summed E-state index contributed by atoms with van der Waals surface area (Å²) in [5.74, 6) is 0.890. The number of hydrogen-bond acceptors (Lipinski definition) is 4. The topological polar surface area (TPSA) is 85.7 Å². The van der Waals surface area contributed by atoms with Crippen molar-refractivity contribution >= 4 is 58.0 Å². The number of nitrogens with zero attached hydrogens (tertiary/aromatic N) is 5. The first-order chi connectivity index (χ1) is 22.8. The molecule has 11 heteroatoms. The fourth-order valence-electron chi connectivity index (χ4n) is 6.93. The van der Waals surface area contributed by atoms with Crippen LogP contribution in [0, 0.1) is 0 Å². The van der Waals surface area contributed by atoms with Crippen molar-refractivity contribution in [3.8, 4) is 0 Å². The van der Waals surface area contributed by atoms with E-state index in [0.29, 0.717) is 26.1 Å². The highest BCUT2D eigenvalue weighted by molar-refractivity contribution is 9.10. The molecule has 0 spiro atoms. The second-order valence-electron chi connectivity index (χ2n) is 13.2. The Bertz CT molecular complexity index is 1720. The number of fused-ring (bicyclic) bond motifs is 2. The molecule has 3 aromatic carbocycles. The molecule has 0 radical (unpaired) electrons. The molecule has 1 saturated heterocycles. The van der Waals surface area contributed by atoms with Gasteiger partial charge in [-0.1, -0.05) is 63.9 Å². The monoisotopic (exact) mass is 697 g/mol. The second kappa shape index (κ2) is 14.9. The Morgan fingerprint density at radius 1 is 1.06 bits per heavy atom. The van der Waals surface area contributed by atoms with E-state index < -0.39 is 0 Å². The molecule has 0 saturated carbocycles. The van der Waals surface area contributed by atoms with E-state index >= 15 is 0 Å². The number of rotatable bonds is 10.